The molecule has 1 saturated carbocycles. The second-order valence-corrected chi connectivity index (χ2v) is 6.56. The zero-order chi connectivity index (χ0) is 14.5. The van der Waals surface area contributed by atoms with Crippen LogP contribution in [0.3, 0.4) is 0 Å². The summed E-state index contributed by atoms with van der Waals surface area (Å²) in [5.41, 5.74) is 0.387. The Bertz CT molecular complexity index is 252. The van der Waals surface area contributed by atoms with Gasteiger partial charge in [-0.05, 0) is 40.4 Å². The lowest BCUT2D eigenvalue weighted by Crippen LogP contribution is -2.59. The van der Waals surface area contributed by atoms with E-state index in [9.17, 15) is 0 Å². The number of nitrogens with one attached hydrogen (secondary N) is 1. The lowest BCUT2D eigenvalue weighted by Gasteiger charge is -2.50. The summed E-state index contributed by atoms with van der Waals surface area (Å²) in [5.74, 6) is 0. The van der Waals surface area contributed by atoms with Crippen LogP contribution in [0.5, 0.6) is 0 Å². The van der Waals surface area contributed by atoms with E-state index in [1.165, 1.54) is 19.3 Å². The fraction of sp³-hybridized carbons (Fsp3) is 1.00. The van der Waals surface area contributed by atoms with Gasteiger partial charge in [0.2, 0.25) is 0 Å². The van der Waals surface area contributed by atoms with Crippen LogP contribution in [0.25, 0.3) is 0 Å². The third-order valence-corrected chi connectivity index (χ3v) is 4.52. The number of likely N-dealkylation sites (N-methyl/N-ethyl adjacent to an activating group) is 2. The van der Waals surface area contributed by atoms with E-state index in [0.717, 1.165) is 19.7 Å². The number of rotatable bonds is 9. The Morgan fingerprint density at radius 3 is 2.21 bits per heavy atom. The van der Waals surface area contributed by atoms with E-state index >= 15 is 0 Å². The molecule has 1 fully saturated rings. The van der Waals surface area contributed by atoms with Gasteiger partial charge in [0.1, 0.15) is 0 Å². The van der Waals surface area contributed by atoms with Gasteiger partial charge in [-0.25, -0.2) is 0 Å². The van der Waals surface area contributed by atoms with Crippen molar-refractivity contribution in [2.75, 3.05) is 47.9 Å². The number of hydrogen-bond acceptors (Lipinski definition) is 4. The molecule has 0 spiro atoms. The molecule has 1 unspecified atom stereocenters. The highest BCUT2D eigenvalue weighted by Crippen LogP contribution is 2.36. The molecule has 0 amide bonds. The highest BCUT2D eigenvalue weighted by Gasteiger charge is 2.40. The predicted octanol–water partition coefficient (Wildman–Crippen LogP) is 1.42. The van der Waals surface area contributed by atoms with Gasteiger partial charge in [-0.2, -0.15) is 0 Å². The minimum atomic E-state index is 0.387. The van der Waals surface area contributed by atoms with E-state index in [1.807, 2.05) is 0 Å². The van der Waals surface area contributed by atoms with Gasteiger partial charge in [-0.15, -0.1) is 0 Å². The summed E-state index contributed by atoms with van der Waals surface area (Å²) >= 11 is 0. The molecule has 4 nitrogen and oxygen atoms in total. The van der Waals surface area contributed by atoms with E-state index in [2.05, 4.69) is 50.1 Å². The van der Waals surface area contributed by atoms with Crippen LogP contribution < -0.4 is 5.32 Å². The average molecular weight is 271 g/mol. The first-order valence-corrected chi connectivity index (χ1v) is 7.51. The maximum Gasteiger partial charge on any atom is 0.0630 e. The van der Waals surface area contributed by atoms with Crippen LogP contribution in [0.15, 0.2) is 0 Å². The molecule has 1 atom stereocenters. The van der Waals surface area contributed by atoms with Crippen molar-refractivity contribution < 1.29 is 4.74 Å². The maximum absolute atomic E-state index is 5.39. The van der Waals surface area contributed by atoms with Crippen LogP contribution >= 0.6 is 0 Å². The summed E-state index contributed by atoms with van der Waals surface area (Å²) in [6, 6.07) is 0.976. The number of nitrogens with zero attached hydrogens (tertiary/aromatic N) is 2. The maximum atomic E-state index is 5.39. The molecule has 0 aromatic carbocycles. The zero-order valence-electron chi connectivity index (χ0n) is 13.7. The lowest BCUT2D eigenvalue weighted by molar-refractivity contribution is 0.00318. The second kappa shape index (κ2) is 7.58. The van der Waals surface area contributed by atoms with E-state index in [1.54, 1.807) is 7.11 Å². The van der Waals surface area contributed by atoms with Gasteiger partial charge >= 0.3 is 0 Å². The molecule has 114 valence electrons. The Kier molecular flexibility index (Phi) is 6.74. The number of methoxy groups -OCH3 is 1. The van der Waals surface area contributed by atoms with Gasteiger partial charge in [0.15, 0.2) is 0 Å². The fourth-order valence-corrected chi connectivity index (χ4v) is 2.83. The first kappa shape index (κ1) is 16.9. The summed E-state index contributed by atoms with van der Waals surface area (Å²) < 4.78 is 5.39. The van der Waals surface area contributed by atoms with Gasteiger partial charge in [-0.3, -0.25) is 4.90 Å². The van der Waals surface area contributed by atoms with E-state index < -0.39 is 0 Å². The monoisotopic (exact) mass is 271 g/mol. The molecule has 1 aliphatic carbocycles. The highest BCUT2D eigenvalue weighted by atomic mass is 16.5. The molecule has 1 aliphatic rings. The van der Waals surface area contributed by atoms with Gasteiger partial charge in [0.25, 0.3) is 0 Å². The highest BCUT2D eigenvalue weighted by molar-refractivity contribution is 4.98. The SMILES string of the molecule is COCC(CNC(C)C)N(C)CC1(N(C)C)CCC1. The zero-order valence-corrected chi connectivity index (χ0v) is 13.7. The molecule has 0 saturated heterocycles. The summed E-state index contributed by atoms with van der Waals surface area (Å²) in [7, 11) is 8.45. The van der Waals surface area contributed by atoms with Gasteiger partial charge in [0.05, 0.1) is 6.61 Å². The molecule has 0 aromatic heterocycles. The van der Waals surface area contributed by atoms with Crippen molar-refractivity contribution in [1.29, 1.82) is 0 Å². The molecule has 19 heavy (non-hydrogen) atoms. The fourth-order valence-electron chi connectivity index (χ4n) is 2.83. The molecule has 0 aromatic rings. The second-order valence-electron chi connectivity index (χ2n) is 6.56. The topological polar surface area (TPSA) is 27.7 Å². The van der Waals surface area contributed by atoms with Crippen LogP contribution in [0.4, 0.5) is 0 Å². The molecular weight excluding hydrogens is 238 g/mol. The molecule has 4 heteroatoms. The number of ether oxygens (including phenoxy) is 1. The first-order valence-electron chi connectivity index (χ1n) is 7.51. The first-order chi connectivity index (χ1) is 8.91. The van der Waals surface area contributed by atoms with Gasteiger partial charge < -0.3 is 15.0 Å². The minimum Gasteiger partial charge on any atom is -0.383 e. The van der Waals surface area contributed by atoms with Crippen molar-refractivity contribution in [3.63, 3.8) is 0 Å². The molecule has 1 rings (SSSR count). The standard InChI is InChI=1S/C15H33N3O/c1-13(2)16-10-14(11-19-6)18(5)12-15(17(3)4)8-7-9-15/h13-14,16H,7-12H2,1-6H3. The summed E-state index contributed by atoms with van der Waals surface area (Å²) in [4.78, 5) is 4.88. The van der Waals surface area contributed by atoms with Crippen LogP contribution in [-0.4, -0.2) is 75.4 Å². The van der Waals surface area contributed by atoms with Crippen molar-refractivity contribution in [2.24, 2.45) is 0 Å². The summed E-state index contributed by atoms with van der Waals surface area (Å²) in [6.07, 6.45) is 4.01. The quantitative estimate of drug-likeness (QED) is 0.686. The van der Waals surface area contributed by atoms with Crippen LogP contribution in [0.2, 0.25) is 0 Å². The van der Waals surface area contributed by atoms with E-state index in [4.69, 9.17) is 4.74 Å². The molecule has 0 aliphatic heterocycles. The molecule has 1 N–H and O–H groups in total. The van der Waals surface area contributed by atoms with Crippen LogP contribution in [-0.2, 0) is 4.74 Å². The van der Waals surface area contributed by atoms with Crippen molar-refractivity contribution in [1.82, 2.24) is 15.1 Å². The smallest absolute Gasteiger partial charge is 0.0630 e. The van der Waals surface area contributed by atoms with Gasteiger partial charge in [0, 0.05) is 37.8 Å². The summed E-state index contributed by atoms with van der Waals surface area (Å²) in [5, 5.41) is 3.53. The predicted molar refractivity (Wildman–Crippen MR) is 81.7 cm³/mol. The van der Waals surface area contributed by atoms with Crippen LogP contribution in [0.1, 0.15) is 33.1 Å². The molecular formula is C15H33N3O. The molecule has 0 radical (unpaired) electrons. The number of hydrogen-bond donors (Lipinski definition) is 1. The third kappa shape index (κ3) is 4.71. The van der Waals surface area contributed by atoms with E-state index in [-0.39, 0.29) is 0 Å². The Morgan fingerprint density at radius 1 is 1.21 bits per heavy atom. The van der Waals surface area contributed by atoms with Crippen molar-refractivity contribution >= 4 is 0 Å². The largest absolute Gasteiger partial charge is 0.383 e. The Morgan fingerprint density at radius 2 is 1.84 bits per heavy atom. The molecule has 0 heterocycles. The average Bonchev–Trinajstić information content (AvgIpc) is 2.28. The summed E-state index contributed by atoms with van der Waals surface area (Å²) in [6.45, 7) is 7.30. The molecule has 0 bridgehead atoms. The van der Waals surface area contributed by atoms with Gasteiger partial charge in [-0.1, -0.05) is 13.8 Å². The van der Waals surface area contributed by atoms with Crippen LogP contribution in [0, 0.1) is 0 Å². The van der Waals surface area contributed by atoms with Crippen molar-refractivity contribution in [3.05, 3.63) is 0 Å². The Hall–Kier alpha value is -0.160. The van der Waals surface area contributed by atoms with Crippen molar-refractivity contribution in [2.45, 2.75) is 50.7 Å². The third-order valence-electron chi connectivity index (χ3n) is 4.52. The normalized spacial score (nSPS) is 20.1. The van der Waals surface area contributed by atoms with E-state index in [0.29, 0.717) is 17.6 Å². The Labute approximate surface area is 119 Å². The van der Waals surface area contributed by atoms with Crippen molar-refractivity contribution in [3.8, 4) is 0 Å². The lowest BCUT2D eigenvalue weighted by atomic mass is 9.75. The minimum absolute atomic E-state index is 0.387. The Balaban J connectivity index is 2.53.